The van der Waals surface area contributed by atoms with Crippen molar-refractivity contribution in [2.45, 2.75) is 39.0 Å². The predicted octanol–water partition coefficient (Wildman–Crippen LogP) is 3.31. The number of hydrogen-bond acceptors (Lipinski definition) is 10. The van der Waals surface area contributed by atoms with E-state index in [2.05, 4.69) is 25.4 Å². The smallest absolute Gasteiger partial charge is 0.337 e. The molecule has 0 saturated carbocycles. The van der Waals surface area contributed by atoms with E-state index >= 15 is 0 Å². The van der Waals surface area contributed by atoms with Gasteiger partial charge in [0, 0.05) is 61.4 Å². The van der Waals surface area contributed by atoms with Crippen LogP contribution in [0.15, 0.2) is 34.3 Å². The van der Waals surface area contributed by atoms with Crippen LogP contribution in [0.4, 0.5) is 0 Å². The molecule has 2 aromatic rings. The third kappa shape index (κ3) is 5.86. The molecule has 0 amide bonds. The summed E-state index contributed by atoms with van der Waals surface area (Å²) in [5, 5.41) is 22.7. The lowest BCUT2D eigenvalue weighted by Gasteiger charge is -2.40. The van der Waals surface area contributed by atoms with Gasteiger partial charge in [-0.25, -0.2) is 9.78 Å². The average molecular weight is 625 g/mol. The number of halogens is 1. The number of carbonyl (C=O) groups is 2. The molecule has 0 aromatic carbocycles. The van der Waals surface area contributed by atoms with Gasteiger partial charge in [0.1, 0.15) is 11.2 Å². The number of hydrogen-bond donors (Lipinski definition) is 3. The number of nitrogens with one attached hydrogen (secondary N) is 2. The lowest BCUT2D eigenvalue weighted by molar-refractivity contribution is -0.147. The molecule has 3 atom stereocenters. The first kappa shape index (κ1) is 29.2. The van der Waals surface area contributed by atoms with Gasteiger partial charge in [-0.2, -0.15) is 0 Å². The Labute approximate surface area is 251 Å². The number of esters is 1. The average Bonchev–Trinajstić information content (AvgIpc) is 3.65. The van der Waals surface area contributed by atoms with E-state index in [4.69, 9.17) is 28.6 Å². The number of thiophene rings is 1. The molecule has 0 spiro atoms. The number of rotatable bonds is 9. The van der Waals surface area contributed by atoms with Crippen LogP contribution in [0.25, 0.3) is 0 Å². The van der Waals surface area contributed by atoms with Crippen LogP contribution < -0.4 is 10.6 Å². The first-order chi connectivity index (χ1) is 19.1. The number of carbonyl (C=O) groups excluding carboxylic acids is 1. The summed E-state index contributed by atoms with van der Waals surface area (Å²) in [6, 6.07) is 1.52. The third-order valence-corrected chi connectivity index (χ3v) is 10.2. The molecule has 5 rings (SSSR count). The molecule has 2 aromatic heterocycles. The van der Waals surface area contributed by atoms with Crippen molar-refractivity contribution < 1.29 is 19.4 Å². The van der Waals surface area contributed by atoms with Crippen LogP contribution in [0.5, 0.6) is 0 Å². The van der Waals surface area contributed by atoms with Crippen LogP contribution in [0, 0.1) is 5.41 Å². The van der Waals surface area contributed by atoms with E-state index in [9.17, 15) is 14.7 Å². The zero-order valence-corrected chi connectivity index (χ0v) is 25.8. The lowest BCUT2D eigenvalue weighted by atomic mass is 9.93. The Balaban J connectivity index is 1.41. The summed E-state index contributed by atoms with van der Waals surface area (Å²) in [6.45, 7) is 9.24. The Morgan fingerprint density at radius 3 is 2.73 bits per heavy atom. The van der Waals surface area contributed by atoms with Crippen LogP contribution in [0.3, 0.4) is 0 Å². The number of thiazole rings is 1. The van der Waals surface area contributed by atoms with Gasteiger partial charge in [0.2, 0.25) is 0 Å². The Bertz CT molecular complexity index is 1300. The van der Waals surface area contributed by atoms with E-state index in [1.807, 2.05) is 21.7 Å². The molecule has 2 saturated heterocycles. The summed E-state index contributed by atoms with van der Waals surface area (Å²) < 4.78 is 5.53. The van der Waals surface area contributed by atoms with Crippen molar-refractivity contribution in [3.63, 3.8) is 0 Å². The van der Waals surface area contributed by atoms with Crippen LogP contribution >= 0.6 is 46.5 Å². The van der Waals surface area contributed by atoms with Crippen LogP contribution in [0.1, 0.15) is 42.9 Å². The molecule has 3 aliphatic rings. The number of ether oxygens (including phenoxy) is 1. The Morgan fingerprint density at radius 1 is 1.27 bits per heavy atom. The zero-order valence-electron chi connectivity index (χ0n) is 22.6. The molecule has 3 unspecified atom stereocenters. The lowest BCUT2D eigenvalue weighted by Crippen LogP contribution is -2.54. The number of aromatic nitrogens is 1. The van der Waals surface area contributed by atoms with Crippen LogP contribution in [0.2, 0.25) is 5.02 Å². The van der Waals surface area contributed by atoms with Gasteiger partial charge in [0.25, 0.3) is 0 Å². The second-order valence-electron chi connectivity index (χ2n) is 10.7. The molecule has 216 valence electrons. The maximum atomic E-state index is 13.4. The maximum Gasteiger partial charge on any atom is 0.337 e. The van der Waals surface area contributed by atoms with Gasteiger partial charge in [-0.15, -0.1) is 22.7 Å². The first-order valence-corrected chi connectivity index (χ1v) is 15.7. The molecular weight excluding hydrogens is 592 g/mol. The summed E-state index contributed by atoms with van der Waals surface area (Å²) in [4.78, 5) is 37.0. The normalized spacial score (nSPS) is 23.8. The number of fused-ring (bicyclic) bond motifs is 1. The second kappa shape index (κ2) is 11.9. The van der Waals surface area contributed by atoms with Crippen molar-refractivity contribution in [3.8, 4) is 0 Å². The number of nitrogens with zero attached hydrogens (tertiary/aromatic N) is 4. The van der Waals surface area contributed by atoms with Crippen molar-refractivity contribution in [2.75, 3.05) is 45.9 Å². The highest BCUT2D eigenvalue weighted by molar-refractivity contribution is 7.80. The van der Waals surface area contributed by atoms with Gasteiger partial charge in [0.05, 0.1) is 34.7 Å². The minimum Gasteiger partial charge on any atom is -0.481 e. The van der Waals surface area contributed by atoms with E-state index in [1.165, 1.54) is 22.7 Å². The summed E-state index contributed by atoms with van der Waals surface area (Å²) in [5.41, 5.74) is 0.401. The summed E-state index contributed by atoms with van der Waals surface area (Å²) in [7, 11) is 0. The van der Waals surface area contributed by atoms with Gasteiger partial charge in [-0.05, 0) is 44.4 Å². The van der Waals surface area contributed by atoms with E-state index in [1.54, 1.807) is 27.0 Å². The van der Waals surface area contributed by atoms with Crippen LogP contribution in [-0.2, 0) is 14.3 Å². The molecule has 3 aliphatic heterocycles. The maximum absolute atomic E-state index is 13.4. The first-order valence-electron chi connectivity index (χ1n) is 13.2. The summed E-state index contributed by atoms with van der Waals surface area (Å²) in [5.74, 6) is -1.22. The Morgan fingerprint density at radius 2 is 2.08 bits per heavy atom. The van der Waals surface area contributed by atoms with Crippen molar-refractivity contribution in [1.82, 2.24) is 30.3 Å². The summed E-state index contributed by atoms with van der Waals surface area (Å²) >= 11 is 15.4. The highest BCUT2D eigenvalue weighted by Gasteiger charge is 2.43. The minimum absolute atomic E-state index is 0.136. The fourth-order valence-electron chi connectivity index (χ4n) is 5.41. The molecule has 40 heavy (non-hydrogen) atoms. The van der Waals surface area contributed by atoms with Gasteiger partial charge >= 0.3 is 11.9 Å². The molecule has 5 heterocycles. The highest BCUT2D eigenvalue weighted by Crippen LogP contribution is 2.39. The summed E-state index contributed by atoms with van der Waals surface area (Å²) in [6.07, 6.45) is 1.46. The number of thiocarbonyl (C=S) groups is 1. The van der Waals surface area contributed by atoms with Gasteiger partial charge in [-0.3, -0.25) is 15.0 Å². The topological polar surface area (TPSA) is 110 Å². The van der Waals surface area contributed by atoms with E-state index in [0.717, 1.165) is 35.2 Å². The molecule has 3 N–H and O–H groups in total. The fourth-order valence-corrected chi connectivity index (χ4v) is 7.67. The van der Waals surface area contributed by atoms with Gasteiger partial charge in [-0.1, -0.05) is 11.6 Å². The van der Waals surface area contributed by atoms with Crippen molar-refractivity contribution in [1.29, 1.82) is 0 Å². The number of carboxylic acid groups (broad SMARTS) is 1. The van der Waals surface area contributed by atoms with E-state index in [-0.39, 0.29) is 24.8 Å². The molecule has 10 nitrogen and oxygen atoms in total. The van der Waals surface area contributed by atoms with E-state index < -0.39 is 17.4 Å². The number of carboxylic acids is 1. The molecule has 14 heteroatoms. The highest BCUT2D eigenvalue weighted by atomic mass is 35.5. The Kier molecular flexibility index (Phi) is 8.69. The second-order valence-corrected chi connectivity index (χ2v) is 13.4. The minimum atomic E-state index is -0.903. The standard InChI is InChI=1S/C26H33ClN6O4S3/c1-4-37-23(34)18-17(29-21(22-28-6-10-40-22)30-19(18)20-16(27)5-9-39-20)13-31-7-8-33-15(11-31)12-32(25(33)38)14-26(2,3)24(35)36/h5-6,9-10,15,19,21,29-30H,4,7-8,11-14H2,1-3H3,(H,35,36). The largest absolute Gasteiger partial charge is 0.481 e. The zero-order chi connectivity index (χ0) is 28.6. The SMILES string of the molecule is CCOC(=O)C1=C(CN2CCN3C(=S)N(CC(C)(C)C(=O)O)CC3C2)NC(c2nccs2)NC1c1sccc1Cl. The van der Waals surface area contributed by atoms with Crippen molar-refractivity contribution >= 4 is 63.5 Å². The molecule has 2 fully saturated rings. The number of piperazine rings is 1. The Hall–Kier alpha value is -2.29. The fraction of sp³-hybridized carbons (Fsp3) is 0.538. The monoisotopic (exact) mass is 624 g/mol. The van der Waals surface area contributed by atoms with Crippen LogP contribution in [-0.4, -0.2) is 93.8 Å². The number of aliphatic carboxylic acids is 1. The predicted molar refractivity (Wildman–Crippen MR) is 159 cm³/mol. The quantitative estimate of drug-likeness (QED) is 0.282. The van der Waals surface area contributed by atoms with Gasteiger partial charge < -0.3 is 25.0 Å². The van der Waals surface area contributed by atoms with Crippen molar-refractivity contribution in [3.05, 3.63) is 49.2 Å². The molecule has 0 bridgehead atoms. The molecule has 0 radical (unpaired) electrons. The van der Waals surface area contributed by atoms with E-state index in [0.29, 0.717) is 35.3 Å². The molecular formula is C26H33ClN6O4S3. The molecule has 0 aliphatic carbocycles. The third-order valence-electron chi connectivity index (χ3n) is 7.43. The van der Waals surface area contributed by atoms with Gasteiger partial charge in [0.15, 0.2) is 5.11 Å². The van der Waals surface area contributed by atoms with Crippen molar-refractivity contribution in [2.24, 2.45) is 5.41 Å².